The van der Waals surface area contributed by atoms with Crippen LogP contribution in [0.2, 0.25) is 0 Å². The van der Waals surface area contributed by atoms with E-state index < -0.39 is 0 Å². The minimum Gasteiger partial charge on any atom is -0.379 e. The van der Waals surface area contributed by atoms with E-state index in [1.54, 1.807) is 4.90 Å². The summed E-state index contributed by atoms with van der Waals surface area (Å²) in [5, 5.41) is 12.0. The van der Waals surface area contributed by atoms with Gasteiger partial charge in [0.15, 0.2) is 0 Å². The van der Waals surface area contributed by atoms with Gasteiger partial charge in [0, 0.05) is 54.5 Å². The van der Waals surface area contributed by atoms with Gasteiger partial charge in [-0.2, -0.15) is 11.8 Å². The number of rotatable bonds is 17. The number of benzene rings is 2. The van der Waals surface area contributed by atoms with Crippen molar-refractivity contribution in [2.45, 2.75) is 62.4 Å². The molecule has 3 heterocycles. The van der Waals surface area contributed by atoms with Crippen molar-refractivity contribution in [2.24, 2.45) is 0 Å². The molecule has 5 amide bonds. The molecule has 2 saturated heterocycles. The first-order valence-corrected chi connectivity index (χ1v) is 17.4. The van der Waals surface area contributed by atoms with Gasteiger partial charge in [-0.3, -0.25) is 14.4 Å². The van der Waals surface area contributed by atoms with Crippen LogP contribution in [0.5, 0.6) is 0 Å². The number of nitrogens with zero attached hydrogens (tertiary/aromatic N) is 1. The second-order valence-electron chi connectivity index (χ2n) is 11.7. The summed E-state index contributed by atoms with van der Waals surface area (Å²) < 4.78 is 11.0. The van der Waals surface area contributed by atoms with E-state index >= 15 is 0 Å². The van der Waals surface area contributed by atoms with Crippen molar-refractivity contribution in [3.05, 3.63) is 65.2 Å². The molecule has 2 fully saturated rings. The van der Waals surface area contributed by atoms with E-state index in [1.165, 1.54) is 0 Å². The summed E-state index contributed by atoms with van der Waals surface area (Å²) in [6.07, 6.45) is 3.59. The highest BCUT2D eigenvalue weighted by molar-refractivity contribution is 8.00. The van der Waals surface area contributed by atoms with Gasteiger partial charge in [-0.25, -0.2) is 4.79 Å². The van der Waals surface area contributed by atoms with Crippen LogP contribution in [0, 0.1) is 11.8 Å². The summed E-state index contributed by atoms with van der Waals surface area (Å²) >= 11 is 1.89. The van der Waals surface area contributed by atoms with Gasteiger partial charge in [0.25, 0.3) is 0 Å². The molecular formula is C35H43N5O6S. The number of anilines is 1. The maximum absolute atomic E-state index is 13.3. The molecule has 0 spiro atoms. The number of fused-ring (bicyclic) bond motifs is 3. The molecule has 47 heavy (non-hydrogen) atoms. The molecular weight excluding hydrogens is 618 g/mol. The second kappa shape index (κ2) is 17.8. The van der Waals surface area contributed by atoms with Crippen molar-refractivity contribution < 1.29 is 28.7 Å². The number of carbonyl (C=O) groups is 4. The third kappa shape index (κ3) is 10.2. The van der Waals surface area contributed by atoms with Crippen LogP contribution in [-0.4, -0.2) is 86.4 Å². The van der Waals surface area contributed by atoms with Crippen LogP contribution in [0.25, 0.3) is 0 Å². The summed E-state index contributed by atoms with van der Waals surface area (Å²) in [7, 11) is 0. The zero-order valence-corrected chi connectivity index (χ0v) is 27.4. The highest BCUT2D eigenvalue weighted by Gasteiger charge is 2.42. The van der Waals surface area contributed by atoms with E-state index in [0.29, 0.717) is 44.6 Å². The van der Waals surface area contributed by atoms with Gasteiger partial charge in [-0.1, -0.05) is 48.6 Å². The average Bonchev–Trinajstić information content (AvgIpc) is 3.62. The Labute approximate surface area is 280 Å². The molecule has 0 aromatic heterocycles. The number of amides is 5. The molecule has 0 bridgehead atoms. The maximum atomic E-state index is 13.3. The predicted octanol–water partition coefficient (Wildman–Crippen LogP) is 2.70. The fourth-order valence-corrected chi connectivity index (χ4v) is 7.40. The molecule has 12 heteroatoms. The normalized spacial score (nSPS) is 19.1. The van der Waals surface area contributed by atoms with E-state index in [2.05, 4.69) is 33.1 Å². The minimum absolute atomic E-state index is 0.0108. The second-order valence-corrected chi connectivity index (χ2v) is 13.0. The minimum atomic E-state index is -0.181. The van der Waals surface area contributed by atoms with Crippen molar-refractivity contribution in [2.75, 3.05) is 50.2 Å². The third-order valence-corrected chi connectivity index (χ3v) is 9.84. The highest BCUT2D eigenvalue weighted by atomic mass is 32.2. The number of unbranched alkanes of at least 4 members (excludes halogenated alkanes) is 1. The molecule has 2 aromatic rings. The Balaban J connectivity index is 0.863. The lowest BCUT2D eigenvalue weighted by molar-refractivity contribution is -0.123. The van der Waals surface area contributed by atoms with Crippen LogP contribution < -0.4 is 26.2 Å². The molecule has 250 valence electrons. The fourth-order valence-electron chi connectivity index (χ4n) is 5.85. The molecule has 4 N–H and O–H groups in total. The fraction of sp³-hybridized carbons (Fsp3) is 0.486. The number of para-hydroxylation sites is 1. The first-order chi connectivity index (χ1) is 23.0. The van der Waals surface area contributed by atoms with Crippen LogP contribution in [0.15, 0.2) is 48.5 Å². The largest absolute Gasteiger partial charge is 0.379 e. The van der Waals surface area contributed by atoms with E-state index in [-0.39, 0.29) is 61.8 Å². The van der Waals surface area contributed by atoms with Crippen molar-refractivity contribution in [3.8, 4) is 11.8 Å². The molecule has 0 saturated carbocycles. The molecule has 0 radical (unpaired) electrons. The van der Waals surface area contributed by atoms with Gasteiger partial charge in [0.05, 0.1) is 50.7 Å². The van der Waals surface area contributed by atoms with Crippen molar-refractivity contribution >= 4 is 41.2 Å². The van der Waals surface area contributed by atoms with Crippen molar-refractivity contribution in [1.29, 1.82) is 0 Å². The smallest absolute Gasteiger partial charge is 0.315 e. The van der Waals surface area contributed by atoms with E-state index in [1.807, 2.05) is 60.3 Å². The number of urea groups is 1. The summed E-state index contributed by atoms with van der Waals surface area (Å²) in [5.41, 5.74) is 3.45. The van der Waals surface area contributed by atoms with Crippen LogP contribution in [-0.2, 0) is 30.4 Å². The lowest BCUT2D eigenvalue weighted by Crippen LogP contribution is -2.36. The van der Waals surface area contributed by atoms with Crippen LogP contribution in [0.1, 0.15) is 55.2 Å². The summed E-state index contributed by atoms with van der Waals surface area (Å²) in [6, 6.07) is 15.8. The Hall–Kier alpha value is -4.05. The number of nitrogens with one attached hydrogen (secondary N) is 4. The van der Waals surface area contributed by atoms with Gasteiger partial charge >= 0.3 is 6.03 Å². The molecule has 11 nitrogen and oxygen atoms in total. The first-order valence-electron chi connectivity index (χ1n) is 16.3. The molecule has 3 atom stereocenters. The zero-order chi connectivity index (χ0) is 32.8. The maximum Gasteiger partial charge on any atom is 0.315 e. The van der Waals surface area contributed by atoms with Crippen LogP contribution in [0.4, 0.5) is 10.5 Å². The van der Waals surface area contributed by atoms with Crippen LogP contribution in [0.3, 0.4) is 0 Å². The van der Waals surface area contributed by atoms with Gasteiger partial charge in [-0.15, -0.1) is 0 Å². The number of carbonyl (C=O) groups excluding carboxylic acids is 4. The summed E-state index contributed by atoms with van der Waals surface area (Å²) in [5.74, 6) is 7.09. The number of hydrogen-bond acceptors (Lipinski definition) is 7. The van der Waals surface area contributed by atoms with E-state index in [4.69, 9.17) is 9.47 Å². The summed E-state index contributed by atoms with van der Waals surface area (Å²) in [6.45, 7) is 2.42. The standard InChI is InChI=1S/C35H43N5O6S/c41-31(12-6-5-11-30-34-28(24-47-30)38-35(44)39-34)37-18-20-46-22-21-45-19-16-32(42)36-17-15-33(43)40-23-27-9-2-1-7-25(27)13-14-26-8-3-4-10-29(26)40/h1-4,7-10,28,30,34H,5-6,11-12,15-24H2,(H,36,42)(H,37,41)(H2,38,39,44)/t28-,30-,34-/m0/s1. The SMILES string of the molecule is O=C(CCCC[C@@H]1SC[C@@H]2NC(=O)N[C@@H]21)NCCOCCOCCC(=O)NCCC(=O)N1Cc2ccccc2C#Cc2ccccc21. The lowest BCUT2D eigenvalue weighted by Gasteiger charge is -2.26. The molecule has 2 aromatic carbocycles. The number of thioether (sulfide) groups is 1. The predicted molar refractivity (Wildman–Crippen MR) is 181 cm³/mol. The Kier molecular flexibility index (Phi) is 13.0. The Morgan fingerprint density at radius 3 is 2.43 bits per heavy atom. The number of hydrogen-bond donors (Lipinski definition) is 4. The van der Waals surface area contributed by atoms with Gasteiger partial charge < -0.3 is 35.6 Å². The lowest BCUT2D eigenvalue weighted by atomic mass is 10.0. The molecule has 0 aliphatic carbocycles. The van der Waals surface area contributed by atoms with Crippen LogP contribution >= 0.6 is 11.8 Å². The molecule has 3 aliphatic rings. The first kappa shape index (κ1) is 34.3. The van der Waals surface area contributed by atoms with Gasteiger partial charge in [0.1, 0.15) is 0 Å². The van der Waals surface area contributed by atoms with Gasteiger partial charge in [0.2, 0.25) is 17.7 Å². The quantitative estimate of drug-likeness (QED) is 0.116. The van der Waals surface area contributed by atoms with E-state index in [0.717, 1.165) is 47.4 Å². The van der Waals surface area contributed by atoms with Crippen molar-refractivity contribution in [1.82, 2.24) is 21.3 Å². The van der Waals surface area contributed by atoms with Gasteiger partial charge in [-0.05, 0) is 36.6 Å². The zero-order valence-electron chi connectivity index (χ0n) is 26.6. The molecule has 5 rings (SSSR count). The van der Waals surface area contributed by atoms with E-state index in [9.17, 15) is 19.2 Å². The Bertz CT molecular complexity index is 1480. The average molecular weight is 662 g/mol. The topological polar surface area (TPSA) is 138 Å². The van der Waals surface area contributed by atoms with Crippen molar-refractivity contribution in [3.63, 3.8) is 0 Å². The molecule has 0 unspecified atom stereocenters. The molecule has 3 aliphatic heterocycles. The monoisotopic (exact) mass is 661 g/mol. The highest BCUT2D eigenvalue weighted by Crippen LogP contribution is 2.33. The number of ether oxygens (including phenoxy) is 2. The third-order valence-electron chi connectivity index (χ3n) is 8.33. The Morgan fingerprint density at radius 1 is 0.830 bits per heavy atom. The Morgan fingerprint density at radius 2 is 1.55 bits per heavy atom. The summed E-state index contributed by atoms with van der Waals surface area (Å²) in [4.78, 5) is 50.9.